The molecule has 0 aliphatic carbocycles. The number of carbonyl (C=O) groups excluding carboxylic acids is 1. The monoisotopic (exact) mass is 352 g/mol. The first-order chi connectivity index (χ1) is 12.6. The summed E-state index contributed by atoms with van der Waals surface area (Å²) >= 11 is 0. The number of rotatable bonds is 5. The highest BCUT2D eigenvalue weighted by atomic mass is 16.2. The number of aryl methyl sites for hydroxylation is 1. The fraction of sp³-hybridized carbons (Fsp3) is 0.476. The number of benzene rings is 1. The maximum absolute atomic E-state index is 12.9. The number of hydrogen-bond donors (Lipinski definition) is 0. The molecule has 1 aliphatic rings. The average Bonchev–Trinajstić information content (AvgIpc) is 2.68. The minimum Gasteiger partial charge on any atom is -0.352 e. The molecule has 0 radical (unpaired) electrons. The minimum atomic E-state index is -0.108. The van der Waals surface area contributed by atoms with Crippen molar-refractivity contribution in [1.29, 1.82) is 0 Å². The molecule has 0 saturated carbocycles. The fourth-order valence-electron chi connectivity index (χ4n) is 3.70. The van der Waals surface area contributed by atoms with Gasteiger partial charge in [-0.2, -0.15) is 0 Å². The Morgan fingerprint density at radius 2 is 2.04 bits per heavy atom. The summed E-state index contributed by atoms with van der Waals surface area (Å²) in [5, 5.41) is 8.63. The van der Waals surface area contributed by atoms with Gasteiger partial charge in [-0.25, -0.2) is 0 Å². The van der Waals surface area contributed by atoms with Crippen molar-refractivity contribution in [2.24, 2.45) is 0 Å². The second-order valence-corrected chi connectivity index (χ2v) is 6.92. The van der Waals surface area contributed by atoms with Crippen molar-refractivity contribution < 1.29 is 4.79 Å². The van der Waals surface area contributed by atoms with Crippen LogP contribution in [-0.2, 0) is 0 Å². The van der Waals surface area contributed by atoms with E-state index < -0.39 is 0 Å². The van der Waals surface area contributed by atoms with Crippen LogP contribution in [0.25, 0.3) is 0 Å². The maximum Gasteiger partial charge on any atom is 0.278 e. The quantitative estimate of drug-likeness (QED) is 0.808. The SMILES string of the molecule is CCC1CCCCN1c1ccc(C(=O)N(CC)c2cccc(C)c2)nn1. The van der Waals surface area contributed by atoms with E-state index >= 15 is 0 Å². The van der Waals surface area contributed by atoms with Gasteiger partial charge >= 0.3 is 0 Å². The molecule has 0 N–H and O–H groups in total. The summed E-state index contributed by atoms with van der Waals surface area (Å²) in [7, 11) is 0. The van der Waals surface area contributed by atoms with Crippen LogP contribution in [0.1, 0.15) is 55.6 Å². The fourth-order valence-corrected chi connectivity index (χ4v) is 3.70. The lowest BCUT2D eigenvalue weighted by Gasteiger charge is -2.35. The van der Waals surface area contributed by atoms with Gasteiger partial charge in [-0.1, -0.05) is 19.1 Å². The number of amides is 1. The third-order valence-corrected chi connectivity index (χ3v) is 5.14. The molecule has 1 amide bonds. The summed E-state index contributed by atoms with van der Waals surface area (Å²) in [5.41, 5.74) is 2.42. The van der Waals surface area contributed by atoms with Crippen LogP contribution in [0.5, 0.6) is 0 Å². The molecule has 5 heteroatoms. The molecule has 1 saturated heterocycles. The normalized spacial score (nSPS) is 17.2. The molecule has 1 aromatic carbocycles. The summed E-state index contributed by atoms with van der Waals surface area (Å²) in [4.78, 5) is 17.0. The van der Waals surface area contributed by atoms with Gasteiger partial charge in [-0.05, 0) is 69.4 Å². The second kappa shape index (κ2) is 8.30. The van der Waals surface area contributed by atoms with Gasteiger partial charge in [0, 0.05) is 24.8 Å². The van der Waals surface area contributed by atoms with Crippen LogP contribution in [0.4, 0.5) is 11.5 Å². The molecular formula is C21H28N4O. The lowest BCUT2D eigenvalue weighted by atomic mass is 10.0. The van der Waals surface area contributed by atoms with Gasteiger partial charge in [0.25, 0.3) is 5.91 Å². The number of hydrogen-bond acceptors (Lipinski definition) is 4. The van der Waals surface area contributed by atoms with Crippen molar-refractivity contribution in [3.05, 3.63) is 47.7 Å². The third kappa shape index (κ3) is 3.87. The molecule has 2 aromatic rings. The highest BCUT2D eigenvalue weighted by molar-refractivity contribution is 6.04. The van der Waals surface area contributed by atoms with Crippen LogP contribution in [-0.4, -0.2) is 35.2 Å². The van der Waals surface area contributed by atoms with Crippen LogP contribution in [0.3, 0.4) is 0 Å². The molecule has 26 heavy (non-hydrogen) atoms. The van der Waals surface area contributed by atoms with E-state index in [2.05, 4.69) is 22.0 Å². The van der Waals surface area contributed by atoms with Crippen molar-refractivity contribution in [1.82, 2.24) is 10.2 Å². The number of aromatic nitrogens is 2. The number of carbonyl (C=O) groups is 1. The van der Waals surface area contributed by atoms with Crippen molar-refractivity contribution in [2.75, 3.05) is 22.9 Å². The highest BCUT2D eigenvalue weighted by Gasteiger charge is 2.23. The Labute approximate surface area is 156 Å². The highest BCUT2D eigenvalue weighted by Crippen LogP contribution is 2.25. The van der Waals surface area contributed by atoms with E-state index in [0.29, 0.717) is 18.3 Å². The standard InChI is InChI=1S/C21H28N4O/c1-4-17-10-6-7-14-25(17)20-13-12-19(22-23-20)21(26)24(5-2)18-11-8-9-16(3)15-18/h8-9,11-13,15,17H,4-7,10,14H2,1-3H3. The zero-order chi connectivity index (χ0) is 18.5. The molecule has 5 nitrogen and oxygen atoms in total. The van der Waals surface area contributed by atoms with E-state index in [1.54, 1.807) is 4.90 Å². The molecule has 1 unspecified atom stereocenters. The molecule has 0 spiro atoms. The zero-order valence-electron chi connectivity index (χ0n) is 16.0. The Morgan fingerprint density at radius 1 is 1.19 bits per heavy atom. The molecule has 2 heterocycles. The number of nitrogens with zero attached hydrogens (tertiary/aromatic N) is 4. The first kappa shape index (κ1) is 18.4. The molecule has 0 bridgehead atoms. The van der Waals surface area contributed by atoms with Gasteiger partial charge in [0.15, 0.2) is 11.5 Å². The lowest BCUT2D eigenvalue weighted by molar-refractivity contribution is 0.0982. The van der Waals surface area contributed by atoms with E-state index in [-0.39, 0.29) is 5.91 Å². The molecule has 1 aliphatic heterocycles. The average molecular weight is 352 g/mol. The van der Waals surface area contributed by atoms with Crippen LogP contribution in [0.15, 0.2) is 36.4 Å². The van der Waals surface area contributed by atoms with Gasteiger partial charge in [0.2, 0.25) is 0 Å². The van der Waals surface area contributed by atoms with E-state index in [1.165, 1.54) is 19.3 Å². The Balaban J connectivity index is 1.79. The van der Waals surface area contributed by atoms with Gasteiger partial charge in [-0.15, -0.1) is 10.2 Å². The predicted octanol–water partition coefficient (Wildman–Crippen LogP) is 4.22. The second-order valence-electron chi connectivity index (χ2n) is 6.92. The van der Waals surface area contributed by atoms with Gasteiger partial charge in [0.05, 0.1) is 0 Å². The summed E-state index contributed by atoms with van der Waals surface area (Å²) in [6, 6.07) is 12.2. The topological polar surface area (TPSA) is 49.3 Å². The lowest BCUT2D eigenvalue weighted by Crippen LogP contribution is -2.40. The molecule has 1 fully saturated rings. The summed E-state index contributed by atoms with van der Waals surface area (Å²) in [6.07, 6.45) is 4.78. The molecule has 138 valence electrons. The van der Waals surface area contributed by atoms with E-state index in [1.807, 2.05) is 50.2 Å². The Kier molecular flexibility index (Phi) is 5.86. The van der Waals surface area contributed by atoms with Crippen LogP contribution in [0.2, 0.25) is 0 Å². The molecule has 3 rings (SSSR count). The Bertz CT molecular complexity index is 744. The molecular weight excluding hydrogens is 324 g/mol. The van der Waals surface area contributed by atoms with Crippen molar-refractivity contribution in [3.63, 3.8) is 0 Å². The number of anilines is 2. The third-order valence-electron chi connectivity index (χ3n) is 5.14. The Hall–Kier alpha value is -2.43. The van der Waals surface area contributed by atoms with E-state index in [4.69, 9.17) is 0 Å². The van der Waals surface area contributed by atoms with Crippen molar-refractivity contribution in [3.8, 4) is 0 Å². The van der Waals surface area contributed by atoms with Crippen LogP contribution in [0, 0.1) is 6.92 Å². The van der Waals surface area contributed by atoms with E-state index in [9.17, 15) is 4.79 Å². The largest absolute Gasteiger partial charge is 0.352 e. The maximum atomic E-state index is 12.9. The van der Waals surface area contributed by atoms with Crippen LogP contribution >= 0.6 is 0 Å². The van der Waals surface area contributed by atoms with Crippen molar-refractivity contribution >= 4 is 17.4 Å². The summed E-state index contributed by atoms with van der Waals surface area (Å²) in [6.45, 7) is 7.83. The summed E-state index contributed by atoms with van der Waals surface area (Å²) < 4.78 is 0. The minimum absolute atomic E-state index is 0.108. The predicted molar refractivity (Wildman–Crippen MR) is 106 cm³/mol. The van der Waals surface area contributed by atoms with Crippen molar-refractivity contribution in [2.45, 2.75) is 52.5 Å². The number of piperidine rings is 1. The first-order valence-electron chi connectivity index (χ1n) is 9.63. The van der Waals surface area contributed by atoms with E-state index in [0.717, 1.165) is 30.0 Å². The van der Waals surface area contributed by atoms with Crippen LogP contribution < -0.4 is 9.80 Å². The van der Waals surface area contributed by atoms with Gasteiger partial charge in [0.1, 0.15) is 0 Å². The van der Waals surface area contributed by atoms with Gasteiger partial charge in [-0.3, -0.25) is 4.79 Å². The summed E-state index contributed by atoms with van der Waals surface area (Å²) in [5.74, 6) is 0.773. The van der Waals surface area contributed by atoms with Gasteiger partial charge < -0.3 is 9.80 Å². The molecule has 1 atom stereocenters. The Morgan fingerprint density at radius 3 is 2.69 bits per heavy atom. The molecule has 1 aromatic heterocycles. The smallest absolute Gasteiger partial charge is 0.278 e. The first-order valence-corrected chi connectivity index (χ1v) is 9.63. The zero-order valence-corrected chi connectivity index (χ0v) is 16.0.